The molecule has 14 heavy (non-hydrogen) atoms. The maximum Gasteiger partial charge on any atom is 0.269 e. The van der Waals surface area contributed by atoms with Crippen molar-refractivity contribution in [2.45, 2.75) is 12.5 Å². The molecule has 2 rings (SSSR count). The zero-order valence-electron chi connectivity index (χ0n) is 7.60. The average molecular weight is 195 g/mol. The Morgan fingerprint density at radius 2 is 2.00 bits per heavy atom. The molecule has 0 aliphatic carbocycles. The normalized spacial score (nSPS) is 25.5. The zero-order valence-corrected chi connectivity index (χ0v) is 7.60. The minimum atomic E-state index is -0.449. The Morgan fingerprint density at radius 1 is 1.43 bits per heavy atom. The summed E-state index contributed by atoms with van der Waals surface area (Å²) in [6, 6.07) is 6.28. The van der Waals surface area contributed by atoms with Gasteiger partial charge in [-0.1, -0.05) is 0 Å². The van der Waals surface area contributed by atoms with E-state index in [1.165, 1.54) is 12.1 Å². The lowest BCUT2D eigenvalue weighted by atomic mass is 9.96. The predicted molar refractivity (Wildman–Crippen MR) is 47.5 cm³/mol. The summed E-state index contributed by atoms with van der Waals surface area (Å²) in [4.78, 5) is 19.5. The molecule has 1 heterocycles. The third-order valence-corrected chi connectivity index (χ3v) is 2.27. The molecule has 5 heteroatoms. The van der Waals surface area contributed by atoms with Gasteiger partial charge in [0.1, 0.15) is 6.61 Å². The lowest BCUT2D eigenvalue weighted by Gasteiger charge is -2.36. The van der Waals surface area contributed by atoms with Crippen LogP contribution in [-0.4, -0.2) is 11.5 Å². The van der Waals surface area contributed by atoms with Crippen molar-refractivity contribution >= 4 is 5.69 Å². The van der Waals surface area contributed by atoms with Crippen LogP contribution in [0.2, 0.25) is 0 Å². The van der Waals surface area contributed by atoms with E-state index in [9.17, 15) is 10.1 Å². The van der Waals surface area contributed by atoms with E-state index in [0.717, 1.165) is 5.56 Å². The van der Waals surface area contributed by atoms with Crippen LogP contribution in [0.25, 0.3) is 0 Å². The molecule has 1 fully saturated rings. The van der Waals surface area contributed by atoms with Gasteiger partial charge in [-0.05, 0) is 24.6 Å². The minimum absolute atomic E-state index is 0.0811. The fraction of sp³-hybridized carbons (Fsp3) is 0.333. The van der Waals surface area contributed by atoms with Gasteiger partial charge in [0.15, 0.2) is 5.60 Å². The van der Waals surface area contributed by atoms with Gasteiger partial charge < -0.3 is 0 Å². The van der Waals surface area contributed by atoms with Gasteiger partial charge >= 0.3 is 0 Å². The van der Waals surface area contributed by atoms with E-state index in [4.69, 9.17) is 4.89 Å². The monoisotopic (exact) mass is 195 g/mol. The van der Waals surface area contributed by atoms with Crippen molar-refractivity contribution in [3.05, 3.63) is 39.9 Å². The first-order valence-electron chi connectivity index (χ1n) is 4.17. The number of hydrogen-bond acceptors (Lipinski definition) is 4. The molecule has 1 saturated heterocycles. The van der Waals surface area contributed by atoms with Crippen LogP contribution < -0.4 is 0 Å². The Balaban J connectivity index is 2.25. The quantitative estimate of drug-likeness (QED) is 0.410. The summed E-state index contributed by atoms with van der Waals surface area (Å²) in [6.07, 6.45) is 0. The van der Waals surface area contributed by atoms with Gasteiger partial charge in [-0.2, -0.15) is 0 Å². The Morgan fingerprint density at radius 3 is 2.36 bits per heavy atom. The van der Waals surface area contributed by atoms with E-state index in [1.54, 1.807) is 12.1 Å². The van der Waals surface area contributed by atoms with Gasteiger partial charge in [-0.25, -0.2) is 9.78 Å². The summed E-state index contributed by atoms with van der Waals surface area (Å²) < 4.78 is 0. The lowest BCUT2D eigenvalue weighted by molar-refractivity contribution is -0.473. The van der Waals surface area contributed by atoms with E-state index in [1.807, 2.05) is 6.92 Å². The van der Waals surface area contributed by atoms with Crippen LogP contribution in [0.5, 0.6) is 0 Å². The van der Waals surface area contributed by atoms with E-state index >= 15 is 0 Å². The van der Waals surface area contributed by atoms with Crippen molar-refractivity contribution < 1.29 is 14.7 Å². The topological polar surface area (TPSA) is 61.6 Å². The number of rotatable bonds is 2. The first-order chi connectivity index (χ1) is 6.62. The van der Waals surface area contributed by atoms with Gasteiger partial charge in [-0.15, -0.1) is 0 Å². The molecule has 1 unspecified atom stereocenters. The summed E-state index contributed by atoms with van der Waals surface area (Å²) >= 11 is 0. The molecular weight excluding hydrogens is 186 g/mol. The largest absolute Gasteiger partial charge is 0.269 e. The number of nitrogens with zero attached hydrogens (tertiary/aromatic N) is 1. The Hall–Kier alpha value is -1.46. The molecule has 74 valence electrons. The number of nitro groups is 1. The van der Waals surface area contributed by atoms with Crippen molar-refractivity contribution in [3.8, 4) is 0 Å². The summed E-state index contributed by atoms with van der Waals surface area (Å²) in [6.45, 7) is 2.35. The number of benzene rings is 1. The average Bonchev–Trinajstić information content (AvgIpc) is 2.14. The lowest BCUT2D eigenvalue weighted by Crippen LogP contribution is -2.41. The van der Waals surface area contributed by atoms with Crippen LogP contribution in [0, 0.1) is 10.1 Å². The molecule has 5 nitrogen and oxygen atoms in total. The smallest absolute Gasteiger partial charge is 0.258 e. The zero-order chi connectivity index (χ0) is 10.2. The second-order valence-electron chi connectivity index (χ2n) is 3.38. The molecule has 0 aromatic heterocycles. The van der Waals surface area contributed by atoms with Gasteiger partial charge in [0.05, 0.1) is 4.92 Å². The molecule has 0 bridgehead atoms. The van der Waals surface area contributed by atoms with E-state index < -0.39 is 10.5 Å². The Bertz CT molecular complexity index is 356. The SMILES string of the molecule is CC1(c2ccc([N+](=O)[O-])cc2)COO1. The van der Waals surface area contributed by atoms with E-state index in [-0.39, 0.29) is 5.69 Å². The molecule has 0 saturated carbocycles. The molecule has 1 atom stereocenters. The number of hydrogen-bond donors (Lipinski definition) is 0. The Kier molecular flexibility index (Phi) is 1.98. The van der Waals surface area contributed by atoms with Crippen LogP contribution in [0.3, 0.4) is 0 Å². The van der Waals surface area contributed by atoms with Crippen LogP contribution in [-0.2, 0) is 15.4 Å². The molecule has 1 aliphatic heterocycles. The number of nitro benzene ring substituents is 1. The van der Waals surface area contributed by atoms with Crippen molar-refractivity contribution in [1.29, 1.82) is 0 Å². The van der Waals surface area contributed by atoms with Gasteiger partial charge in [0.2, 0.25) is 0 Å². The highest BCUT2D eigenvalue weighted by Gasteiger charge is 2.38. The van der Waals surface area contributed by atoms with Crippen LogP contribution in [0.4, 0.5) is 5.69 Å². The summed E-state index contributed by atoms with van der Waals surface area (Å²) in [7, 11) is 0. The fourth-order valence-corrected chi connectivity index (χ4v) is 1.30. The summed E-state index contributed by atoms with van der Waals surface area (Å²) in [5, 5.41) is 10.4. The van der Waals surface area contributed by atoms with Gasteiger partial charge in [0, 0.05) is 12.1 Å². The highest BCUT2D eigenvalue weighted by Crippen LogP contribution is 2.33. The van der Waals surface area contributed by atoms with Crippen molar-refractivity contribution in [1.82, 2.24) is 0 Å². The fourth-order valence-electron chi connectivity index (χ4n) is 1.30. The molecule has 1 aliphatic rings. The molecule has 0 amide bonds. The van der Waals surface area contributed by atoms with E-state index in [2.05, 4.69) is 4.89 Å². The molecule has 0 N–H and O–H groups in total. The molecule has 0 radical (unpaired) electrons. The molecular formula is C9H9NO4. The third-order valence-electron chi connectivity index (χ3n) is 2.27. The standard InChI is InChI=1S/C9H9NO4/c1-9(6-13-14-9)7-2-4-8(5-3-7)10(11)12/h2-5H,6H2,1H3. The highest BCUT2D eigenvalue weighted by molar-refractivity contribution is 5.35. The van der Waals surface area contributed by atoms with Gasteiger partial charge in [-0.3, -0.25) is 10.1 Å². The maximum atomic E-state index is 10.4. The second-order valence-corrected chi connectivity index (χ2v) is 3.38. The minimum Gasteiger partial charge on any atom is -0.258 e. The number of non-ortho nitro benzene ring substituents is 1. The van der Waals surface area contributed by atoms with E-state index in [0.29, 0.717) is 6.61 Å². The first-order valence-corrected chi connectivity index (χ1v) is 4.17. The highest BCUT2D eigenvalue weighted by atomic mass is 17.2. The van der Waals surface area contributed by atoms with Crippen LogP contribution in [0.1, 0.15) is 12.5 Å². The van der Waals surface area contributed by atoms with Crippen LogP contribution >= 0.6 is 0 Å². The third kappa shape index (κ3) is 1.36. The molecule has 1 aromatic carbocycles. The van der Waals surface area contributed by atoms with Crippen molar-refractivity contribution in [2.75, 3.05) is 6.61 Å². The van der Waals surface area contributed by atoms with Crippen LogP contribution in [0.15, 0.2) is 24.3 Å². The Labute approximate surface area is 80.3 Å². The second kappa shape index (κ2) is 3.04. The first kappa shape index (κ1) is 9.11. The summed E-state index contributed by atoms with van der Waals surface area (Å²) in [5.74, 6) is 0. The molecule has 0 spiro atoms. The predicted octanol–water partition coefficient (Wildman–Crippen LogP) is 1.77. The summed E-state index contributed by atoms with van der Waals surface area (Å²) in [5.41, 5.74) is 0.515. The molecule has 1 aromatic rings. The van der Waals surface area contributed by atoms with Gasteiger partial charge in [0.25, 0.3) is 5.69 Å². The maximum absolute atomic E-state index is 10.4. The van der Waals surface area contributed by atoms with Crippen molar-refractivity contribution in [2.24, 2.45) is 0 Å². The van der Waals surface area contributed by atoms with Crippen molar-refractivity contribution in [3.63, 3.8) is 0 Å².